The number of rotatable bonds is 6. The number of esters is 1. The van der Waals surface area contributed by atoms with Gasteiger partial charge in [0, 0.05) is 11.0 Å². The molecule has 0 amide bonds. The van der Waals surface area contributed by atoms with Gasteiger partial charge < -0.3 is 4.74 Å². The summed E-state index contributed by atoms with van der Waals surface area (Å²) in [5, 5.41) is 0. The van der Waals surface area contributed by atoms with E-state index in [0.717, 1.165) is 0 Å². The van der Waals surface area contributed by atoms with Gasteiger partial charge in [-0.2, -0.15) is 0 Å². The molecule has 1 rings (SSSR count). The number of hydrogen-bond donors (Lipinski definition) is 1. The number of sulfonamides is 1. The van der Waals surface area contributed by atoms with E-state index in [1.807, 2.05) is 0 Å². The first-order valence-corrected chi connectivity index (χ1v) is 7.74. The van der Waals surface area contributed by atoms with Crippen molar-refractivity contribution in [1.82, 2.24) is 4.72 Å². The second kappa shape index (κ2) is 6.83. The molecule has 1 aromatic rings. The lowest BCUT2D eigenvalue weighted by Gasteiger charge is -2.07. The van der Waals surface area contributed by atoms with E-state index in [1.54, 1.807) is 6.92 Å². The Bertz CT molecular complexity index is 566. The summed E-state index contributed by atoms with van der Waals surface area (Å²) in [6.07, 6.45) is 0. The Morgan fingerprint density at radius 2 is 1.95 bits per heavy atom. The highest BCUT2D eigenvalue weighted by molar-refractivity contribution is 9.11. The van der Waals surface area contributed by atoms with Crippen molar-refractivity contribution in [1.29, 1.82) is 0 Å². The number of carbonyl (C=O) groups is 1. The lowest BCUT2D eigenvalue weighted by atomic mass is 10.2. The van der Waals surface area contributed by atoms with Crippen LogP contribution in [0.2, 0.25) is 0 Å². The smallest absolute Gasteiger partial charge is 0.338 e. The average Bonchev–Trinajstić information content (AvgIpc) is 2.37. The minimum Gasteiger partial charge on any atom is -0.462 e. The Morgan fingerprint density at radius 1 is 1.37 bits per heavy atom. The van der Waals surface area contributed by atoms with Gasteiger partial charge in [0.1, 0.15) is 0 Å². The van der Waals surface area contributed by atoms with Crippen LogP contribution in [0.15, 0.2) is 40.2 Å². The number of halogens is 1. The van der Waals surface area contributed by atoms with E-state index in [9.17, 15) is 13.2 Å². The van der Waals surface area contributed by atoms with E-state index in [4.69, 9.17) is 4.74 Å². The maximum Gasteiger partial charge on any atom is 0.338 e. The number of carbonyl (C=O) groups excluding carboxylic acids is 1. The molecule has 104 valence electrons. The Kier molecular flexibility index (Phi) is 5.71. The van der Waals surface area contributed by atoms with Gasteiger partial charge in [0.15, 0.2) is 0 Å². The van der Waals surface area contributed by atoms with Crippen molar-refractivity contribution in [2.45, 2.75) is 11.8 Å². The molecule has 0 saturated heterocycles. The number of benzene rings is 1. The Hall–Kier alpha value is -1.18. The third-order valence-electron chi connectivity index (χ3n) is 2.13. The minimum absolute atomic E-state index is 0.0781. The second-order valence-corrected chi connectivity index (χ2v) is 6.48. The number of nitrogens with one attached hydrogen (secondary N) is 1. The quantitative estimate of drug-likeness (QED) is 0.799. The van der Waals surface area contributed by atoms with Crippen molar-refractivity contribution in [2.24, 2.45) is 0 Å². The minimum atomic E-state index is -3.60. The summed E-state index contributed by atoms with van der Waals surface area (Å²) in [6.45, 7) is 5.61. The molecular formula is C12H14BrNO4S. The molecule has 1 N–H and O–H groups in total. The van der Waals surface area contributed by atoms with Gasteiger partial charge >= 0.3 is 5.97 Å². The molecule has 7 heteroatoms. The zero-order valence-electron chi connectivity index (χ0n) is 10.3. The van der Waals surface area contributed by atoms with Crippen LogP contribution in [0.3, 0.4) is 0 Å². The molecule has 0 aliphatic carbocycles. The van der Waals surface area contributed by atoms with Crippen LogP contribution in [-0.4, -0.2) is 27.5 Å². The van der Waals surface area contributed by atoms with Gasteiger partial charge in [-0.25, -0.2) is 17.9 Å². The second-order valence-electron chi connectivity index (χ2n) is 3.59. The summed E-state index contributed by atoms with van der Waals surface area (Å²) in [5.41, 5.74) is 0.311. The Balaban J connectivity index is 2.86. The molecule has 0 radical (unpaired) electrons. The molecule has 5 nitrogen and oxygen atoms in total. The molecule has 0 unspecified atom stereocenters. The fraction of sp³-hybridized carbons (Fsp3) is 0.250. The monoisotopic (exact) mass is 347 g/mol. The van der Waals surface area contributed by atoms with E-state index in [0.29, 0.717) is 10.0 Å². The number of ether oxygens (including phenoxy) is 1. The topological polar surface area (TPSA) is 72.5 Å². The fourth-order valence-electron chi connectivity index (χ4n) is 1.24. The van der Waals surface area contributed by atoms with Gasteiger partial charge in [0.2, 0.25) is 10.0 Å². The molecule has 0 saturated carbocycles. The first kappa shape index (κ1) is 15.9. The van der Waals surface area contributed by atoms with Gasteiger partial charge in [-0.15, -0.1) is 0 Å². The average molecular weight is 348 g/mol. The molecule has 0 aliphatic heterocycles. The lowest BCUT2D eigenvalue weighted by molar-refractivity contribution is 0.0526. The third-order valence-corrected chi connectivity index (χ3v) is 3.83. The van der Waals surface area contributed by atoms with Gasteiger partial charge in [-0.3, -0.25) is 0 Å². The van der Waals surface area contributed by atoms with Crippen LogP contribution >= 0.6 is 15.9 Å². The van der Waals surface area contributed by atoms with E-state index in [2.05, 4.69) is 27.2 Å². The van der Waals surface area contributed by atoms with Crippen LogP contribution in [0.25, 0.3) is 0 Å². The predicted octanol–water partition coefficient (Wildman–Crippen LogP) is 2.05. The standard InChI is InChI=1S/C12H14BrNO4S/c1-3-18-12(15)10-4-6-11(7-5-10)19(16,17)14-8-9(2)13/h4-7,14H,2-3,8H2,1H3. The molecule has 19 heavy (non-hydrogen) atoms. The summed E-state index contributed by atoms with van der Waals surface area (Å²) in [7, 11) is -3.60. The Morgan fingerprint density at radius 3 is 2.42 bits per heavy atom. The summed E-state index contributed by atoms with van der Waals surface area (Å²) < 4.78 is 31.4. The van der Waals surface area contributed by atoms with E-state index in [1.165, 1.54) is 24.3 Å². The normalized spacial score (nSPS) is 11.1. The van der Waals surface area contributed by atoms with Crippen molar-refractivity contribution in [3.8, 4) is 0 Å². The first-order chi connectivity index (χ1) is 8.86. The van der Waals surface area contributed by atoms with E-state index >= 15 is 0 Å². The van der Waals surface area contributed by atoms with Gasteiger partial charge in [0.05, 0.1) is 17.1 Å². The molecule has 0 aliphatic rings. The van der Waals surface area contributed by atoms with Crippen LogP contribution in [0, 0.1) is 0 Å². The maximum atomic E-state index is 11.9. The highest BCUT2D eigenvalue weighted by Gasteiger charge is 2.14. The van der Waals surface area contributed by atoms with Crippen LogP contribution in [0.5, 0.6) is 0 Å². The molecule has 0 aromatic heterocycles. The van der Waals surface area contributed by atoms with Crippen molar-refractivity contribution < 1.29 is 17.9 Å². The van der Waals surface area contributed by atoms with Crippen molar-refractivity contribution in [3.63, 3.8) is 0 Å². The summed E-state index contributed by atoms with van der Waals surface area (Å²) in [5.74, 6) is -0.478. The SMILES string of the molecule is C=C(Br)CNS(=O)(=O)c1ccc(C(=O)OCC)cc1. The van der Waals surface area contributed by atoms with E-state index < -0.39 is 16.0 Å². The summed E-state index contributed by atoms with van der Waals surface area (Å²) in [4.78, 5) is 11.5. The Labute approximate surface area is 120 Å². The van der Waals surface area contributed by atoms with Gasteiger partial charge in [-0.1, -0.05) is 22.5 Å². The van der Waals surface area contributed by atoms with Gasteiger partial charge in [-0.05, 0) is 31.2 Å². The largest absolute Gasteiger partial charge is 0.462 e. The molecule has 0 heterocycles. The van der Waals surface area contributed by atoms with E-state index in [-0.39, 0.29) is 18.0 Å². The summed E-state index contributed by atoms with van der Waals surface area (Å²) >= 11 is 3.06. The van der Waals surface area contributed by atoms with Crippen molar-refractivity contribution in [3.05, 3.63) is 40.9 Å². The van der Waals surface area contributed by atoms with Crippen LogP contribution in [0.1, 0.15) is 17.3 Å². The van der Waals surface area contributed by atoms with Crippen molar-refractivity contribution in [2.75, 3.05) is 13.2 Å². The molecule has 0 bridgehead atoms. The number of hydrogen-bond acceptors (Lipinski definition) is 4. The molecule has 1 aromatic carbocycles. The predicted molar refractivity (Wildman–Crippen MR) is 75.7 cm³/mol. The fourth-order valence-corrected chi connectivity index (χ4v) is 2.59. The molecular weight excluding hydrogens is 334 g/mol. The molecule has 0 fully saturated rings. The highest BCUT2D eigenvalue weighted by Crippen LogP contribution is 2.12. The third kappa shape index (κ3) is 4.77. The zero-order chi connectivity index (χ0) is 14.5. The van der Waals surface area contributed by atoms with Crippen LogP contribution in [0.4, 0.5) is 0 Å². The molecule has 0 atom stereocenters. The highest BCUT2D eigenvalue weighted by atomic mass is 79.9. The first-order valence-electron chi connectivity index (χ1n) is 5.47. The summed E-state index contributed by atoms with van der Waals surface area (Å²) in [6, 6.07) is 5.53. The zero-order valence-corrected chi connectivity index (χ0v) is 12.8. The van der Waals surface area contributed by atoms with Crippen molar-refractivity contribution >= 4 is 31.9 Å². The maximum absolute atomic E-state index is 11.9. The molecule has 0 spiro atoms. The van der Waals surface area contributed by atoms with Crippen LogP contribution in [-0.2, 0) is 14.8 Å². The van der Waals surface area contributed by atoms with Gasteiger partial charge in [0.25, 0.3) is 0 Å². The van der Waals surface area contributed by atoms with Crippen LogP contribution < -0.4 is 4.72 Å². The lowest BCUT2D eigenvalue weighted by Crippen LogP contribution is -2.24.